The summed E-state index contributed by atoms with van der Waals surface area (Å²) in [5.41, 5.74) is 1.76. The standard InChI is InChI=1S/C19H27N7O2.HI/c1-3-20-19(22-12-17-23-13-24-26(17)2)21-11-14-6-4-7-15(10-14)25-18(27)16-8-5-9-28-16;/h4,6-7,10,13,16H,3,5,8-9,11-12H2,1-2H3,(H,25,27)(H2,20,21,22);1H. The highest BCUT2D eigenvalue weighted by molar-refractivity contribution is 14.0. The number of carbonyl (C=O) groups excluding carboxylic acids is 1. The molecule has 0 spiro atoms. The van der Waals surface area contributed by atoms with E-state index in [1.165, 1.54) is 6.33 Å². The van der Waals surface area contributed by atoms with E-state index in [1.807, 2.05) is 38.2 Å². The van der Waals surface area contributed by atoms with E-state index in [4.69, 9.17) is 4.74 Å². The van der Waals surface area contributed by atoms with Crippen LogP contribution in [0.15, 0.2) is 35.6 Å². The van der Waals surface area contributed by atoms with Gasteiger partial charge in [0.2, 0.25) is 0 Å². The molecule has 1 atom stereocenters. The molecule has 158 valence electrons. The van der Waals surface area contributed by atoms with E-state index in [9.17, 15) is 4.79 Å². The van der Waals surface area contributed by atoms with E-state index in [1.54, 1.807) is 4.68 Å². The third-order valence-electron chi connectivity index (χ3n) is 4.40. The number of hydrogen-bond donors (Lipinski definition) is 3. The van der Waals surface area contributed by atoms with Crippen LogP contribution in [0.3, 0.4) is 0 Å². The van der Waals surface area contributed by atoms with Crippen LogP contribution in [0.5, 0.6) is 0 Å². The van der Waals surface area contributed by atoms with Crippen LogP contribution in [0.2, 0.25) is 0 Å². The minimum Gasteiger partial charge on any atom is -0.368 e. The molecule has 29 heavy (non-hydrogen) atoms. The molecule has 3 rings (SSSR count). The van der Waals surface area contributed by atoms with E-state index < -0.39 is 0 Å². The molecule has 1 aromatic carbocycles. The molecule has 0 radical (unpaired) electrons. The molecule has 1 aromatic heterocycles. The summed E-state index contributed by atoms with van der Waals surface area (Å²) in [5.74, 6) is 1.43. The van der Waals surface area contributed by atoms with Crippen molar-refractivity contribution in [2.75, 3.05) is 18.5 Å². The molecule has 2 aromatic rings. The van der Waals surface area contributed by atoms with Gasteiger partial charge in [-0.15, -0.1) is 24.0 Å². The van der Waals surface area contributed by atoms with Gasteiger partial charge >= 0.3 is 0 Å². The van der Waals surface area contributed by atoms with Crippen LogP contribution in [-0.2, 0) is 29.7 Å². The molecule has 1 saturated heterocycles. The normalized spacial score (nSPS) is 16.2. The number of nitrogens with one attached hydrogen (secondary N) is 3. The molecule has 9 nitrogen and oxygen atoms in total. The molecule has 1 aliphatic heterocycles. The zero-order valence-electron chi connectivity index (χ0n) is 16.7. The van der Waals surface area contributed by atoms with Crippen LogP contribution in [0, 0.1) is 0 Å². The Labute approximate surface area is 187 Å². The first-order valence-corrected chi connectivity index (χ1v) is 9.52. The first kappa shape index (κ1) is 23.1. The largest absolute Gasteiger partial charge is 0.368 e. The number of guanidine groups is 1. The fraction of sp³-hybridized carbons (Fsp3) is 0.474. The minimum atomic E-state index is -0.341. The number of halogens is 1. The van der Waals surface area contributed by atoms with Gasteiger partial charge in [0.15, 0.2) is 5.96 Å². The van der Waals surface area contributed by atoms with Gasteiger partial charge in [-0.25, -0.2) is 9.98 Å². The summed E-state index contributed by atoms with van der Waals surface area (Å²) in [4.78, 5) is 21.0. The van der Waals surface area contributed by atoms with Crippen LogP contribution in [0.1, 0.15) is 31.2 Å². The number of rotatable bonds is 7. The maximum Gasteiger partial charge on any atom is 0.253 e. The number of benzene rings is 1. The molecule has 0 saturated carbocycles. The number of anilines is 1. The lowest BCUT2D eigenvalue weighted by Crippen LogP contribution is -2.37. The van der Waals surface area contributed by atoms with Crippen LogP contribution < -0.4 is 16.0 Å². The predicted molar refractivity (Wildman–Crippen MR) is 122 cm³/mol. The Bertz CT molecular complexity index is 818. The van der Waals surface area contributed by atoms with Gasteiger partial charge in [-0.05, 0) is 37.5 Å². The summed E-state index contributed by atoms with van der Waals surface area (Å²) in [6.45, 7) is 4.43. The van der Waals surface area contributed by atoms with Gasteiger partial charge in [-0.2, -0.15) is 5.10 Å². The Morgan fingerprint density at radius 1 is 1.38 bits per heavy atom. The van der Waals surface area contributed by atoms with Crippen LogP contribution >= 0.6 is 24.0 Å². The summed E-state index contributed by atoms with van der Waals surface area (Å²) in [6, 6.07) is 7.70. The lowest BCUT2D eigenvalue weighted by atomic mass is 10.2. The number of aromatic nitrogens is 3. The highest BCUT2D eigenvalue weighted by atomic mass is 127. The number of carbonyl (C=O) groups is 1. The highest BCUT2D eigenvalue weighted by Crippen LogP contribution is 2.16. The van der Waals surface area contributed by atoms with Gasteiger partial charge in [0.1, 0.15) is 18.3 Å². The van der Waals surface area contributed by atoms with Crippen molar-refractivity contribution in [1.29, 1.82) is 0 Å². The molecular weight excluding hydrogens is 485 g/mol. The summed E-state index contributed by atoms with van der Waals surface area (Å²) < 4.78 is 7.15. The molecule has 1 aliphatic rings. The van der Waals surface area contributed by atoms with Crippen molar-refractivity contribution in [2.45, 2.75) is 39.0 Å². The van der Waals surface area contributed by atoms with Crippen molar-refractivity contribution in [3.8, 4) is 0 Å². The molecule has 2 heterocycles. The zero-order chi connectivity index (χ0) is 19.8. The molecular formula is C19H28IN7O2. The molecule has 10 heteroatoms. The predicted octanol–water partition coefficient (Wildman–Crippen LogP) is 1.81. The highest BCUT2D eigenvalue weighted by Gasteiger charge is 2.23. The van der Waals surface area contributed by atoms with E-state index >= 15 is 0 Å². The molecule has 3 N–H and O–H groups in total. The third-order valence-corrected chi connectivity index (χ3v) is 4.40. The van der Waals surface area contributed by atoms with Crippen molar-refractivity contribution < 1.29 is 9.53 Å². The zero-order valence-corrected chi connectivity index (χ0v) is 19.1. The Balaban J connectivity index is 0.00000300. The van der Waals surface area contributed by atoms with E-state index in [0.717, 1.165) is 36.5 Å². The molecule has 0 bridgehead atoms. The van der Waals surface area contributed by atoms with Crippen molar-refractivity contribution in [3.63, 3.8) is 0 Å². The first-order chi connectivity index (χ1) is 13.7. The van der Waals surface area contributed by atoms with Gasteiger partial charge in [-0.1, -0.05) is 12.1 Å². The Morgan fingerprint density at radius 3 is 2.93 bits per heavy atom. The maximum atomic E-state index is 12.2. The summed E-state index contributed by atoms with van der Waals surface area (Å²) in [6.07, 6.45) is 2.89. The van der Waals surface area contributed by atoms with E-state index in [-0.39, 0.29) is 36.0 Å². The Hall–Kier alpha value is -2.21. The number of nitrogens with zero attached hydrogens (tertiary/aromatic N) is 4. The minimum absolute atomic E-state index is 0. The molecule has 1 unspecified atom stereocenters. The van der Waals surface area contributed by atoms with Gasteiger partial charge in [-0.3, -0.25) is 9.48 Å². The lowest BCUT2D eigenvalue weighted by molar-refractivity contribution is -0.124. The summed E-state index contributed by atoms with van der Waals surface area (Å²) in [5, 5.41) is 13.4. The third kappa shape index (κ3) is 6.96. The quantitative estimate of drug-likeness (QED) is 0.297. The van der Waals surface area contributed by atoms with Crippen molar-refractivity contribution >= 4 is 41.5 Å². The monoisotopic (exact) mass is 513 g/mol. The Morgan fingerprint density at radius 2 is 2.24 bits per heavy atom. The number of amides is 1. The second kappa shape index (κ2) is 11.7. The molecule has 1 fully saturated rings. The topological polar surface area (TPSA) is 105 Å². The van der Waals surface area contributed by atoms with Crippen molar-refractivity contribution in [1.82, 2.24) is 25.4 Å². The fourth-order valence-electron chi connectivity index (χ4n) is 2.91. The molecule has 0 aliphatic carbocycles. The average molecular weight is 513 g/mol. The van der Waals surface area contributed by atoms with Crippen molar-refractivity contribution in [3.05, 3.63) is 42.0 Å². The van der Waals surface area contributed by atoms with E-state index in [0.29, 0.717) is 25.7 Å². The second-order valence-corrected chi connectivity index (χ2v) is 6.54. The summed E-state index contributed by atoms with van der Waals surface area (Å²) >= 11 is 0. The summed E-state index contributed by atoms with van der Waals surface area (Å²) in [7, 11) is 1.85. The fourth-order valence-corrected chi connectivity index (χ4v) is 2.91. The first-order valence-electron chi connectivity index (χ1n) is 9.52. The molecule has 1 amide bonds. The second-order valence-electron chi connectivity index (χ2n) is 6.54. The van der Waals surface area contributed by atoms with Gasteiger partial charge in [0.25, 0.3) is 5.91 Å². The van der Waals surface area contributed by atoms with Crippen molar-refractivity contribution in [2.24, 2.45) is 12.0 Å². The Kier molecular flexibility index (Phi) is 9.32. The van der Waals surface area contributed by atoms with Crippen LogP contribution in [0.25, 0.3) is 0 Å². The average Bonchev–Trinajstić information content (AvgIpc) is 3.36. The van der Waals surface area contributed by atoms with Gasteiger partial charge in [0.05, 0.1) is 13.1 Å². The van der Waals surface area contributed by atoms with E-state index in [2.05, 4.69) is 31.0 Å². The SMILES string of the molecule is CCNC(=NCc1cccc(NC(=O)C2CCCO2)c1)NCc1ncnn1C.I. The smallest absolute Gasteiger partial charge is 0.253 e. The van der Waals surface area contributed by atoms with Crippen LogP contribution in [0.4, 0.5) is 5.69 Å². The van der Waals surface area contributed by atoms with Crippen LogP contribution in [-0.4, -0.2) is 45.9 Å². The number of aryl methyl sites for hydroxylation is 1. The lowest BCUT2D eigenvalue weighted by Gasteiger charge is -2.12. The van der Waals surface area contributed by atoms with Gasteiger partial charge < -0.3 is 20.7 Å². The number of hydrogen-bond acceptors (Lipinski definition) is 5. The maximum absolute atomic E-state index is 12.2. The van der Waals surface area contributed by atoms with Gasteiger partial charge in [0, 0.05) is 25.9 Å². The number of aliphatic imine (C=N–C) groups is 1. The number of ether oxygens (including phenoxy) is 1.